The van der Waals surface area contributed by atoms with Crippen molar-refractivity contribution in [2.75, 3.05) is 18.0 Å². The predicted octanol–water partition coefficient (Wildman–Crippen LogP) is 9.01. The van der Waals surface area contributed by atoms with Gasteiger partial charge in [-0.25, -0.2) is 0 Å². The highest BCUT2D eigenvalue weighted by Crippen LogP contribution is 2.51. The Kier molecular flexibility index (Phi) is 7.32. The molecule has 2 unspecified atom stereocenters. The molecule has 0 aliphatic carbocycles. The Morgan fingerprint density at radius 2 is 1.39 bits per heavy atom. The van der Waals surface area contributed by atoms with E-state index in [0.717, 1.165) is 6.54 Å². The van der Waals surface area contributed by atoms with Crippen molar-refractivity contribution >= 4 is 32.9 Å². The molecule has 0 spiro atoms. The number of nitrogens with zero attached hydrogens (tertiary/aromatic N) is 1. The van der Waals surface area contributed by atoms with Crippen LogP contribution in [0, 0.1) is 0 Å². The zero-order chi connectivity index (χ0) is 28.8. The molecule has 2 nitrogen and oxygen atoms in total. The van der Waals surface area contributed by atoms with E-state index in [1.807, 2.05) is 0 Å². The fourth-order valence-electron chi connectivity index (χ4n) is 7.86. The SMILES string of the molecule is CCCCN1C(=CC=CC2[NH+](CCCC)c3ccc4ccccc4c3C2(C)C)C(C)(C)c2c1ccc1ccccc21. The summed E-state index contributed by atoms with van der Waals surface area (Å²) in [4.78, 5) is 4.23. The van der Waals surface area contributed by atoms with E-state index in [1.165, 1.54) is 82.0 Å². The van der Waals surface area contributed by atoms with Crippen LogP contribution in [0.15, 0.2) is 96.7 Å². The van der Waals surface area contributed by atoms with Crippen LogP contribution in [-0.2, 0) is 10.8 Å². The van der Waals surface area contributed by atoms with Crippen molar-refractivity contribution in [3.63, 3.8) is 0 Å². The van der Waals surface area contributed by atoms with Crippen molar-refractivity contribution in [1.29, 1.82) is 0 Å². The number of nitrogens with one attached hydrogen (secondary N) is 1. The van der Waals surface area contributed by atoms with Gasteiger partial charge in [-0.3, -0.25) is 4.90 Å². The molecule has 0 radical (unpaired) electrons. The molecule has 6 rings (SSSR count). The van der Waals surface area contributed by atoms with Gasteiger partial charge in [0.05, 0.1) is 12.0 Å². The summed E-state index contributed by atoms with van der Waals surface area (Å²) in [5.41, 5.74) is 7.29. The molecule has 2 atom stereocenters. The number of hydrogen-bond donors (Lipinski definition) is 1. The van der Waals surface area contributed by atoms with Crippen LogP contribution in [0.5, 0.6) is 0 Å². The summed E-state index contributed by atoms with van der Waals surface area (Å²) in [7, 11) is 0. The summed E-state index contributed by atoms with van der Waals surface area (Å²) >= 11 is 0. The first kappa shape index (κ1) is 27.8. The van der Waals surface area contributed by atoms with Gasteiger partial charge in [0.1, 0.15) is 11.7 Å². The molecule has 0 amide bonds. The Labute approximate surface area is 247 Å². The van der Waals surface area contributed by atoms with Gasteiger partial charge in [-0.1, -0.05) is 101 Å². The van der Waals surface area contributed by atoms with Crippen LogP contribution in [-0.4, -0.2) is 19.1 Å². The smallest absolute Gasteiger partial charge is 0.136 e. The molecule has 212 valence electrons. The van der Waals surface area contributed by atoms with Gasteiger partial charge in [-0.2, -0.15) is 0 Å². The maximum absolute atomic E-state index is 2.61. The maximum Gasteiger partial charge on any atom is 0.136 e. The fraction of sp³-hybridized carbons (Fsp3) is 0.385. The van der Waals surface area contributed by atoms with E-state index >= 15 is 0 Å². The minimum absolute atomic E-state index is 0.0422. The second kappa shape index (κ2) is 10.8. The number of benzene rings is 4. The highest BCUT2D eigenvalue weighted by atomic mass is 15.2. The molecule has 0 saturated heterocycles. The van der Waals surface area contributed by atoms with Crippen LogP contribution in [0.25, 0.3) is 21.5 Å². The third-order valence-electron chi connectivity index (χ3n) is 9.92. The molecule has 2 aliphatic rings. The zero-order valence-electron chi connectivity index (χ0n) is 25.9. The van der Waals surface area contributed by atoms with Crippen LogP contribution in [0.1, 0.15) is 78.4 Å². The average Bonchev–Trinajstić information content (AvgIpc) is 3.33. The number of rotatable bonds is 8. The number of quaternary nitrogens is 1. The molecular weight excluding hydrogens is 496 g/mol. The molecule has 0 saturated carbocycles. The first-order chi connectivity index (χ1) is 19.8. The monoisotopic (exact) mass is 543 g/mol. The van der Waals surface area contributed by atoms with Crippen molar-refractivity contribution in [2.45, 2.75) is 84.1 Å². The summed E-state index contributed by atoms with van der Waals surface area (Å²) in [5.74, 6) is 0. The molecule has 4 aromatic rings. The van der Waals surface area contributed by atoms with E-state index in [9.17, 15) is 0 Å². The predicted molar refractivity (Wildman–Crippen MR) is 178 cm³/mol. The van der Waals surface area contributed by atoms with Gasteiger partial charge >= 0.3 is 0 Å². The molecule has 2 aliphatic heterocycles. The maximum atomic E-state index is 2.61. The number of fused-ring (bicyclic) bond motifs is 6. The van der Waals surface area contributed by atoms with E-state index in [4.69, 9.17) is 0 Å². The van der Waals surface area contributed by atoms with Crippen LogP contribution >= 0.6 is 0 Å². The van der Waals surface area contributed by atoms with Crippen LogP contribution < -0.4 is 9.80 Å². The topological polar surface area (TPSA) is 7.68 Å². The lowest BCUT2D eigenvalue weighted by Crippen LogP contribution is -3.10. The number of allylic oxidation sites excluding steroid dienone is 3. The Hall–Kier alpha value is -3.36. The van der Waals surface area contributed by atoms with Crippen LogP contribution in [0.2, 0.25) is 0 Å². The minimum atomic E-state index is -0.0621. The molecule has 0 bridgehead atoms. The Morgan fingerprint density at radius 1 is 0.756 bits per heavy atom. The van der Waals surface area contributed by atoms with Crippen molar-refractivity contribution in [3.8, 4) is 0 Å². The molecule has 0 aromatic heterocycles. The van der Waals surface area contributed by atoms with Crippen molar-refractivity contribution in [2.24, 2.45) is 0 Å². The lowest BCUT2D eigenvalue weighted by molar-refractivity contribution is -0.850. The number of anilines is 1. The molecule has 1 N–H and O–H groups in total. The second-order valence-corrected chi connectivity index (χ2v) is 13.3. The van der Waals surface area contributed by atoms with Gasteiger partial charge in [0.25, 0.3) is 0 Å². The highest BCUT2D eigenvalue weighted by Gasteiger charge is 2.48. The second-order valence-electron chi connectivity index (χ2n) is 13.3. The van der Waals surface area contributed by atoms with Gasteiger partial charge in [0.15, 0.2) is 0 Å². The summed E-state index contributed by atoms with van der Waals surface area (Å²) < 4.78 is 0. The average molecular weight is 544 g/mol. The zero-order valence-corrected chi connectivity index (χ0v) is 25.9. The fourth-order valence-corrected chi connectivity index (χ4v) is 7.86. The highest BCUT2D eigenvalue weighted by molar-refractivity contribution is 5.95. The van der Waals surface area contributed by atoms with Crippen LogP contribution in [0.3, 0.4) is 0 Å². The van der Waals surface area contributed by atoms with Crippen molar-refractivity contribution in [3.05, 3.63) is 108 Å². The summed E-state index contributed by atoms with van der Waals surface area (Å²) in [6, 6.07) is 27.7. The Bertz CT molecular complexity index is 1640. The lowest BCUT2D eigenvalue weighted by atomic mass is 9.78. The normalized spacial score (nSPS) is 21.8. The van der Waals surface area contributed by atoms with E-state index in [-0.39, 0.29) is 10.8 Å². The Morgan fingerprint density at radius 3 is 2.07 bits per heavy atom. The molecule has 4 aromatic carbocycles. The van der Waals surface area contributed by atoms with E-state index in [2.05, 4.69) is 137 Å². The van der Waals surface area contributed by atoms with E-state index in [1.54, 1.807) is 4.90 Å². The third-order valence-corrected chi connectivity index (χ3v) is 9.92. The Balaban J connectivity index is 1.42. The minimum Gasteiger partial charge on any atom is -0.344 e. The van der Waals surface area contributed by atoms with Gasteiger partial charge < -0.3 is 4.90 Å². The van der Waals surface area contributed by atoms with Gasteiger partial charge in [0, 0.05) is 35.0 Å². The van der Waals surface area contributed by atoms with Gasteiger partial charge in [-0.05, 0) is 78.1 Å². The van der Waals surface area contributed by atoms with Crippen LogP contribution in [0.4, 0.5) is 11.4 Å². The largest absolute Gasteiger partial charge is 0.344 e. The van der Waals surface area contributed by atoms with E-state index in [0.29, 0.717) is 6.04 Å². The van der Waals surface area contributed by atoms with Gasteiger partial charge in [0.2, 0.25) is 0 Å². The lowest BCUT2D eigenvalue weighted by Gasteiger charge is -2.28. The van der Waals surface area contributed by atoms with Gasteiger partial charge in [-0.15, -0.1) is 0 Å². The first-order valence-corrected chi connectivity index (χ1v) is 15.9. The molecule has 0 fully saturated rings. The molecule has 2 heterocycles. The molecule has 41 heavy (non-hydrogen) atoms. The summed E-state index contributed by atoms with van der Waals surface area (Å²) in [5, 5.41) is 5.49. The molecular formula is C39H47N2+. The standard InChI is InChI=1S/C39H46N2/c1-7-9-26-40-32-24-22-28-16-11-13-18-30(28)36(32)38(3,4)34(40)20-15-21-35-39(5,6)37-31-19-14-12-17-29(31)23-25-33(37)41(35)27-10-8-2/h11-25,34H,7-10,26-27H2,1-6H3/p+1. The molecule has 2 heteroatoms. The van der Waals surface area contributed by atoms with Crippen molar-refractivity contribution < 1.29 is 4.90 Å². The summed E-state index contributed by atoms with van der Waals surface area (Å²) in [6.45, 7) is 16.6. The number of hydrogen-bond acceptors (Lipinski definition) is 1. The first-order valence-electron chi connectivity index (χ1n) is 15.9. The van der Waals surface area contributed by atoms with Crippen molar-refractivity contribution in [1.82, 2.24) is 0 Å². The van der Waals surface area contributed by atoms with E-state index < -0.39 is 0 Å². The third kappa shape index (κ3) is 4.52. The summed E-state index contributed by atoms with van der Waals surface area (Å²) in [6.07, 6.45) is 12.2. The number of unbranched alkanes of at least 4 members (excludes halogenated alkanes) is 2. The quantitative estimate of drug-likeness (QED) is 0.233.